The van der Waals surface area contributed by atoms with Crippen LogP contribution in [0.25, 0.3) is 21.9 Å². The Morgan fingerprint density at radius 3 is 2.15 bits per heavy atom. The highest BCUT2D eigenvalue weighted by atomic mass is 35.5. The predicted octanol–water partition coefficient (Wildman–Crippen LogP) is 8.28. The van der Waals surface area contributed by atoms with E-state index in [9.17, 15) is 9.59 Å². The molecule has 7 heteroatoms. The van der Waals surface area contributed by atoms with Gasteiger partial charge >= 0.3 is 12.2 Å². The Hall–Kier alpha value is -4.03. The molecule has 0 spiro atoms. The van der Waals surface area contributed by atoms with Crippen molar-refractivity contribution in [3.05, 3.63) is 95.6 Å². The Bertz CT molecular complexity index is 1580. The number of alkyl halides is 1. The van der Waals surface area contributed by atoms with Crippen LogP contribution in [0.15, 0.2) is 78.9 Å². The van der Waals surface area contributed by atoms with Gasteiger partial charge in [0, 0.05) is 29.6 Å². The maximum atomic E-state index is 13.2. The van der Waals surface area contributed by atoms with E-state index in [1.165, 1.54) is 11.1 Å². The zero-order valence-corrected chi connectivity index (χ0v) is 23.5. The molecule has 0 fully saturated rings. The Morgan fingerprint density at radius 1 is 0.925 bits per heavy atom. The number of fused-ring (bicyclic) bond motifs is 6. The van der Waals surface area contributed by atoms with Gasteiger partial charge in [-0.2, -0.15) is 0 Å². The van der Waals surface area contributed by atoms with E-state index in [2.05, 4.69) is 29.6 Å². The van der Waals surface area contributed by atoms with E-state index < -0.39 is 17.8 Å². The molecule has 2 amide bonds. The molecule has 6 nitrogen and oxygen atoms in total. The third kappa shape index (κ3) is 4.66. The zero-order chi connectivity index (χ0) is 28.0. The fraction of sp³-hybridized carbons (Fsp3) is 0.273. The topological polar surface area (TPSA) is 67.9 Å². The van der Waals surface area contributed by atoms with Crippen molar-refractivity contribution in [2.24, 2.45) is 0 Å². The van der Waals surface area contributed by atoms with Crippen LogP contribution in [0.5, 0.6) is 0 Å². The summed E-state index contributed by atoms with van der Waals surface area (Å²) >= 11 is 6.37. The summed E-state index contributed by atoms with van der Waals surface area (Å²) in [5, 5.41) is 4.75. The number of hydrogen-bond acceptors (Lipinski definition) is 4. The van der Waals surface area contributed by atoms with Crippen LogP contribution in [0.3, 0.4) is 0 Å². The fourth-order valence-electron chi connectivity index (χ4n) is 5.91. The van der Waals surface area contributed by atoms with Crippen LogP contribution in [0.2, 0.25) is 0 Å². The molecule has 1 heterocycles. The quantitative estimate of drug-likeness (QED) is 0.258. The van der Waals surface area contributed by atoms with Gasteiger partial charge in [0.1, 0.15) is 12.2 Å². The van der Waals surface area contributed by atoms with Gasteiger partial charge in [0.15, 0.2) is 0 Å². The lowest BCUT2D eigenvalue weighted by Gasteiger charge is -2.25. The van der Waals surface area contributed by atoms with Crippen LogP contribution < -0.4 is 10.2 Å². The number of nitrogens with zero attached hydrogens (tertiary/aromatic N) is 1. The molecule has 1 atom stereocenters. The summed E-state index contributed by atoms with van der Waals surface area (Å²) in [6, 6.07) is 26.1. The minimum Gasteiger partial charge on any atom is -0.448 e. The monoisotopic (exact) mass is 554 g/mol. The van der Waals surface area contributed by atoms with Crippen molar-refractivity contribution in [1.29, 1.82) is 0 Å². The molecule has 204 valence electrons. The van der Waals surface area contributed by atoms with Crippen LogP contribution in [-0.2, 0) is 9.47 Å². The largest absolute Gasteiger partial charge is 0.448 e. The highest BCUT2D eigenvalue weighted by Gasteiger charge is 2.37. The molecule has 4 aromatic carbocycles. The summed E-state index contributed by atoms with van der Waals surface area (Å²) < 4.78 is 11.5. The molecule has 4 aromatic rings. The third-order valence-corrected chi connectivity index (χ3v) is 7.92. The molecule has 2 aliphatic rings. The number of benzene rings is 4. The van der Waals surface area contributed by atoms with Crippen LogP contribution in [0, 0.1) is 0 Å². The number of hydrogen-bond donors (Lipinski definition) is 1. The summed E-state index contributed by atoms with van der Waals surface area (Å²) in [6.07, 6.45) is -0.994. The van der Waals surface area contributed by atoms with Crippen molar-refractivity contribution in [3.8, 4) is 11.1 Å². The molecule has 6 rings (SSSR count). The maximum absolute atomic E-state index is 13.2. The number of ether oxygens (including phenoxy) is 2. The Kier molecular flexibility index (Phi) is 6.67. The average Bonchev–Trinajstić information content (AvgIpc) is 3.47. The standard InChI is InChI=1S/C33H31ClN2O4/c1-33(2,3)40-32(38)36-18-20(17-34)30-26-15-9-8-14-25(26)28(16-29(30)36)35-31(37)39-19-27-23-12-6-4-10-21(23)22-11-5-7-13-24(22)27/h4-16,20,27H,17-19H2,1-3H3,(H,35,37). The summed E-state index contributed by atoms with van der Waals surface area (Å²) in [5.74, 6) is 0.259. The van der Waals surface area contributed by atoms with Gasteiger partial charge < -0.3 is 9.47 Å². The minimum absolute atomic E-state index is 0.0398. The van der Waals surface area contributed by atoms with Crippen molar-refractivity contribution in [2.45, 2.75) is 38.2 Å². The van der Waals surface area contributed by atoms with E-state index in [0.717, 1.165) is 27.5 Å². The van der Waals surface area contributed by atoms with Crippen molar-refractivity contribution < 1.29 is 19.1 Å². The number of amides is 2. The maximum Gasteiger partial charge on any atom is 0.414 e. The fourth-order valence-corrected chi connectivity index (χ4v) is 6.16. The van der Waals surface area contributed by atoms with Crippen molar-refractivity contribution in [3.63, 3.8) is 0 Å². The summed E-state index contributed by atoms with van der Waals surface area (Å²) in [6.45, 7) is 6.13. The second-order valence-electron chi connectivity index (χ2n) is 11.3. The van der Waals surface area contributed by atoms with Crippen molar-refractivity contribution >= 4 is 45.9 Å². The van der Waals surface area contributed by atoms with Crippen molar-refractivity contribution in [2.75, 3.05) is 29.2 Å². The SMILES string of the molecule is CC(C)(C)OC(=O)N1CC(CCl)c2c1cc(NC(=O)OCC1c3ccccc3-c3ccccc31)c1ccccc21. The number of carbonyl (C=O) groups is 2. The van der Waals surface area contributed by atoms with Crippen LogP contribution in [-0.4, -0.2) is 36.8 Å². The van der Waals surface area contributed by atoms with E-state index in [1.807, 2.05) is 75.4 Å². The lowest BCUT2D eigenvalue weighted by molar-refractivity contribution is 0.0582. The first-order chi connectivity index (χ1) is 19.2. The Labute approximate surface area is 238 Å². The van der Waals surface area contributed by atoms with Gasteiger partial charge in [-0.3, -0.25) is 10.2 Å². The first kappa shape index (κ1) is 26.2. The molecular weight excluding hydrogens is 524 g/mol. The Morgan fingerprint density at radius 2 is 1.52 bits per heavy atom. The minimum atomic E-state index is -0.643. The van der Waals surface area contributed by atoms with E-state index >= 15 is 0 Å². The van der Waals surface area contributed by atoms with E-state index in [1.54, 1.807) is 4.90 Å². The van der Waals surface area contributed by atoms with E-state index in [4.69, 9.17) is 21.1 Å². The smallest absolute Gasteiger partial charge is 0.414 e. The summed E-state index contributed by atoms with van der Waals surface area (Å²) in [5.41, 5.74) is 6.24. The molecule has 0 aromatic heterocycles. The van der Waals surface area contributed by atoms with Crippen LogP contribution in [0.1, 0.15) is 49.3 Å². The first-order valence-corrected chi connectivity index (χ1v) is 14.0. The molecule has 1 unspecified atom stereocenters. The van der Waals surface area contributed by atoms with Crippen LogP contribution >= 0.6 is 11.6 Å². The summed E-state index contributed by atoms with van der Waals surface area (Å²) in [4.78, 5) is 28.0. The number of nitrogens with one attached hydrogen (secondary N) is 1. The Balaban J connectivity index is 1.29. The molecular formula is C33H31ClN2O4. The van der Waals surface area contributed by atoms with Gasteiger partial charge in [-0.1, -0.05) is 72.8 Å². The number of carbonyl (C=O) groups excluding carboxylic acids is 2. The molecule has 0 radical (unpaired) electrons. The average molecular weight is 555 g/mol. The number of halogens is 1. The highest BCUT2D eigenvalue weighted by molar-refractivity contribution is 6.19. The molecule has 0 saturated carbocycles. The van der Waals surface area contributed by atoms with Crippen LogP contribution in [0.4, 0.5) is 21.0 Å². The second-order valence-corrected chi connectivity index (χ2v) is 11.6. The lowest BCUT2D eigenvalue weighted by atomic mass is 9.95. The van der Waals surface area contributed by atoms with Gasteiger partial charge in [0.2, 0.25) is 0 Å². The lowest BCUT2D eigenvalue weighted by Crippen LogP contribution is -2.36. The highest BCUT2D eigenvalue weighted by Crippen LogP contribution is 2.46. The van der Waals surface area contributed by atoms with Gasteiger partial charge in [0.25, 0.3) is 0 Å². The normalized spacial score (nSPS) is 15.9. The predicted molar refractivity (Wildman–Crippen MR) is 160 cm³/mol. The summed E-state index contributed by atoms with van der Waals surface area (Å²) in [7, 11) is 0. The van der Waals surface area contributed by atoms with E-state index in [0.29, 0.717) is 23.8 Å². The number of rotatable bonds is 4. The number of anilines is 2. The van der Waals surface area contributed by atoms with Gasteiger partial charge in [0.05, 0.1) is 11.4 Å². The second kappa shape index (κ2) is 10.2. The first-order valence-electron chi connectivity index (χ1n) is 13.5. The molecule has 1 N–H and O–H groups in total. The zero-order valence-electron chi connectivity index (χ0n) is 22.7. The third-order valence-electron chi connectivity index (χ3n) is 7.55. The van der Waals surface area contributed by atoms with E-state index in [-0.39, 0.29) is 18.4 Å². The molecule has 0 saturated heterocycles. The van der Waals surface area contributed by atoms with Gasteiger partial charge in [-0.25, -0.2) is 9.59 Å². The van der Waals surface area contributed by atoms with Gasteiger partial charge in [-0.05, 0) is 60.0 Å². The molecule has 1 aliphatic carbocycles. The van der Waals surface area contributed by atoms with Gasteiger partial charge in [-0.15, -0.1) is 11.6 Å². The van der Waals surface area contributed by atoms with Crippen molar-refractivity contribution in [1.82, 2.24) is 0 Å². The molecule has 0 bridgehead atoms. The molecule has 1 aliphatic heterocycles. The molecule has 40 heavy (non-hydrogen) atoms.